The van der Waals surface area contributed by atoms with Crippen molar-refractivity contribution in [2.24, 2.45) is 0 Å². The van der Waals surface area contributed by atoms with E-state index in [-0.39, 0.29) is 10.6 Å². The molecule has 25 heavy (non-hydrogen) atoms. The van der Waals surface area contributed by atoms with Gasteiger partial charge in [0.25, 0.3) is 0 Å². The van der Waals surface area contributed by atoms with Crippen LogP contribution in [0, 0.1) is 6.92 Å². The van der Waals surface area contributed by atoms with Crippen molar-refractivity contribution in [2.45, 2.75) is 18.7 Å². The molecule has 0 aliphatic rings. The maximum Gasteiger partial charge on any atom is 0.339 e. The van der Waals surface area contributed by atoms with E-state index in [1.807, 2.05) is 32.0 Å². The minimum absolute atomic E-state index is 0.0174. The summed E-state index contributed by atoms with van der Waals surface area (Å²) in [6.07, 6.45) is 0. The summed E-state index contributed by atoms with van der Waals surface area (Å²) >= 11 is 3.33. The summed E-state index contributed by atoms with van der Waals surface area (Å²) in [6, 6.07) is 13.4. The minimum atomic E-state index is -4.02. The molecule has 0 unspecified atom stereocenters. The van der Waals surface area contributed by atoms with E-state index in [1.165, 1.54) is 12.1 Å². The fourth-order valence-electron chi connectivity index (χ4n) is 2.36. The Morgan fingerprint density at radius 2 is 1.88 bits per heavy atom. The van der Waals surface area contributed by atoms with Crippen LogP contribution in [0.5, 0.6) is 11.5 Å². The normalized spacial score (nSPS) is 11.5. The molecule has 3 rings (SSSR count). The Hall–Kier alpha value is -2.12. The Morgan fingerprint density at radius 1 is 1.08 bits per heavy atom. The lowest BCUT2D eigenvalue weighted by atomic mass is 10.2. The summed E-state index contributed by atoms with van der Waals surface area (Å²) < 4.78 is 36.8. The van der Waals surface area contributed by atoms with Crippen LogP contribution in [-0.2, 0) is 10.1 Å². The van der Waals surface area contributed by atoms with Crippen molar-refractivity contribution in [3.05, 3.63) is 58.7 Å². The average molecular weight is 422 g/mol. The predicted molar refractivity (Wildman–Crippen MR) is 99.6 cm³/mol. The highest BCUT2D eigenvalue weighted by molar-refractivity contribution is 9.10. The lowest BCUT2D eigenvalue weighted by molar-refractivity contribution is 0.337. The summed E-state index contributed by atoms with van der Waals surface area (Å²) in [4.78, 5) is 4.41. The summed E-state index contributed by atoms with van der Waals surface area (Å²) in [5, 5.41) is 0.809. The highest BCUT2D eigenvalue weighted by atomic mass is 79.9. The van der Waals surface area contributed by atoms with E-state index in [0.29, 0.717) is 22.3 Å². The van der Waals surface area contributed by atoms with E-state index in [4.69, 9.17) is 8.92 Å². The molecule has 7 heteroatoms. The predicted octanol–water partition coefficient (Wildman–Crippen LogP) is 4.47. The number of fused-ring (bicyclic) bond motifs is 1. The molecule has 0 bridgehead atoms. The molecular weight excluding hydrogens is 406 g/mol. The van der Waals surface area contributed by atoms with Crippen molar-refractivity contribution in [2.75, 3.05) is 6.61 Å². The summed E-state index contributed by atoms with van der Waals surface area (Å²) in [5.74, 6) is 0.640. The third kappa shape index (κ3) is 3.77. The first-order chi connectivity index (χ1) is 11.9. The van der Waals surface area contributed by atoms with Gasteiger partial charge in [-0.05, 0) is 54.0 Å². The molecule has 3 aromatic rings. The van der Waals surface area contributed by atoms with Gasteiger partial charge in [0, 0.05) is 17.1 Å². The molecule has 5 nitrogen and oxygen atoms in total. The first kappa shape index (κ1) is 17.7. The largest absolute Gasteiger partial charge is 0.493 e. The zero-order valence-corrected chi connectivity index (χ0v) is 16.1. The number of hydrogen-bond donors (Lipinski definition) is 0. The maximum absolute atomic E-state index is 12.7. The summed E-state index contributed by atoms with van der Waals surface area (Å²) in [6.45, 7) is 4.09. The van der Waals surface area contributed by atoms with Crippen LogP contribution in [0.2, 0.25) is 0 Å². The van der Waals surface area contributed by atoms with Crippen molar-refractivity contribution < 1.29 is 17.3 Å². The second-order valence-corrected chi connectivity index (χ2v) is 7.74. The van der Waals surface area contributed by atoms with Crippen LogP contribution in [0.25, 0.3) is 10.9 Å². The first-order valence-electron chi connectivity index (χ1n) is 7.64. The van der Waals surface area contributed by atoms with Gasteiger partial charge in [0.2, 0.25) is 0 Å². The minimum Gasteiger partial charge on any atom is -0.493 e. The number of para-hydroxylation sites is 1. The van der Waals surface area contributed by atoms with E-state index in [1.54, 1.807) is 18.2 Å². The van der Waals surface area contributed by atoms with Crippen LogP contribution >= 0.6 is 15.9 Å². The topological polar surface area (TPSA) is 65.5 Å². The van der Waals surface area contributed by atoms with E-state index >= 15 is 0 Å². The Balaban J connectivity index is 2.03. The third-order valence-electron chi connectivity index (χ3n) is 3.51. The molecule has 0 amide bonds. The van der Waals surface area contributed by atoms with Crippen LogP contribution in [-0.4, -0.2) is 20.0 Å². The molecule has 2 aromatic carbocycles. The standard InChI is InChI=1S/C18H16BrNO4S/c1-3-23-17-11-14(9-10-15(17)19)25(21,22)24-16-6-4-5-13-8-7-12(2)20-18(13)16/h4-11H,3H2,1-2H3. The van der Waals surface area contributed by atoms with Crippen LogP contribution in [0.3, 0.4) is 0 Å². The second kappa shape index (κ2) is 7.01. The molecule has 0 aliphatic heterocycles. The van der Waals surface area contributed by atoms with Gasteiger partial charge >= 0.3 is 10.1 Å². The Morgan fingerprint density at radius 3 is 2.64 bits per heavy atom. The van der Waals surface area contributed by atoms with Crippen molar-refractivity contribution in [1.82, 2.24) is 4.98 Å². The fourth-order valence-corrected chi connectivity index (χ4v) is 3.67. The molecule has 1 heterocycles. The lowest BCUT2D eigenvalue weighted by Crippen LogP contribution is -2.10. The number of aryl methyl sites for hydroxylation is 1. The smallest absolute Gasteiger partial charge is 0.339 e. The van der Waals surface area contributed by atoms with Crippen molar-refractivity contribution in [3.8, 4) is 11.5 Å². The van der Waals surface area contributed by atoms with Crippen LogP contribution in [0.1, 0.15) is 12.6 Å². The first-order valence-corrected chi connectivity index (χ1v) is 9.84. The molecule has 0 aliphatic carbocycles. The van der Waals surface area contributed by atoms with E-state index in [2.05, 4.69) is 20.9 Å². The van der Waals surface area contributed by atoms with Gasteiger partial charge in [0.05, 0.1) is 11.1 Å². The van der Waals surface area contributed by atoms with Crippen molar-refractivity contribution in [1.29, 1.82) is 0 Å². The number of rotatable bonds is 5. The molecule has 1 aromatic heterocycles. The van der Waals surface area contributed by atoms with Crippen LogP contribution in [0.4, 0.5) is 0 Å². The van der Waals surface area contributed by atoms with E-state index < -0.39 is 10.1 Å². The number of ether oxygens (including phenoxy) is 1. The Labute approximate surface area is 154 Å². The van der Waals surface area contributed by atoms with Crippen LogP contribution in [0.15, 0.2) is 57.9 Å². The molecular formula is C18H16BrNO4S. The van der Waals surface area contributed by atoms with Gasteiger partial charge in [0.15, 0.2) is 5.75 Å². The third-order valence-corrected chi connectivity index (χ3v) is 5.40. The highest BCUT2D eigenvalue weighted by Gasteiger charge is 2.20. The van der Waals surface area contributed by atoms with Gasteiger partial charge in [-0.3, -0.25) is 0 Å². The van der Waals surface area contributed by atoms with Crippen molar-refractivity contribution >= 4 is 37.0 Å². The Bertz CT molecular complexity index is 1030. The van der Waals surface area contributed by atoms with Gasteiger partial charge in [-0.15, -0.1) is 0 Å². The summed E-state index contributed by atoms with van der Waals surface area (Å²) in [5.41, 5.74) is 1.29. The quantitative estimate of drug-likeness (QED) is 0.568. The fraction of sp³-hybridized carbons (Fsp3) is 0.167. The van der Waals surface area contributed by atoms with E-state index in [9.17, 15) is 8.42 Å². The number of hydrogen-bond acceptors (Lipinski definition) is 5. The monoisotopic (exact) mass is 421 g/mol. The van der Waals surface area contributed by atoms with E-state index in [0.717, 1.165) is 11.1 Å². The second-order valence-electron chi connectivity index (χ2n) is 5.34. The molecule has 0 radical (unpaired) electrons. The zero-order valence-electron chi connectivity index (χ0n) is 13.7. The van der Waals surface area contributed by atoms with Gasteiger partial charge in [-0.2, -0.15) is 8.42 Å². The highest BCUT2D eigenvalue weighted by Crippen LogP contribution is 2.31. The molecule has 0 spiro atoms. The van der Waals surface area contributed by atoms with Gasteiger partial charge in [-0.1, -0.05) is 18.2 Å². The molecule has 0 N–H and O–H groups in total. The number of nitrogens with zero attached hydrogens (tertiary/aromatic N) is 1. The number of benzene rings is 2. The van der Waals surface area contributed by atoms with Gasteiger partial charge < -0.3 is 8.92 Å². The van der Waals surface area contributed by atoms with Crippen molar-refractivity contribution in [3.63, 3.8) is 0 Å². The SMILES string of the molecule is CCOc1cc(S(=O)(=O)Oc2cccc3ccc(C)nc23)ccc1Br. The zero-order chi connectivity index (χ0) is 18.0. The number of pyridine rings is 1. The van der Waals surface area contributed by atoms with Gasteiger partial charge in [-0.25, -0.2) is 4.98 Å². The summed E-state index contributed by atoms with van der Waals surface area (Å²) in [7, 11) is -4.02. The Kier molecular flexibility index (Phi) is 4.96. The number of halogens is 1. The maximum atomic E-state index is 12.7. The van der Waals surface area contributed by atoms with Gasteiger partial charge in [0.1, 0.15) is 16.2 Å². The molecule has 130 valence electrons. The number of aromatic nitrogens is 1. The molecule has 0 saturated carbocycles. The average Bonchev–Trinajstić information content (AvgIpc) is 2.57. The molecule has 0 saturated heterocycles. The lowest BCUT2D eigenvalue weighted by Gasteiger charge is -2.11. The molecule has 0 atom stereocenters. The molecule has 0 fully saturated rings. The van der Waals surface area contributed by atoms with Crippen LogP contribution < -0.4 is 8.92 Å².